The highest BCUT2D eigenvalue weighted by Crippen LogP contribution is 2.04. The topological polar surface area (TPSA) is 38.1 Å². The Labute approximate surface area is 101 Å². The van der Waals surface area contributed by atoms with Gasteiger partial charge in [-0.2, -0.15) is 0 Å². The van der Waals surface area contributed by atoms with Crippen molar-refractivity contribution in [2.75, 3.05) is 23.9 Å². The van der Waals surface area contributed by atoms with Crippen LogP contribution in [0.4, 0.5) is 5.82 Å². The number of hydrogen-bond donors (Lipinski definition) is 0. The van der Waals surface area contributed by atoms with E-state index in [-0.39, 0.29) is 5.56 Å². The van der Waals surface area contributed by atoms with Crippen molar-refractivity contribution in [1.29, 1.82) is 0 Å². The van der Waals surface area contributed by atoms with Gasteiger partial charge in [0.05, 0.1) is 0 Å². The van der Waals surface area contributed by atoms with Crippen molar-refractivity contribution in [2.24, 2.45) is 0 Å². The van der Waals surface area contributed by atoms with Crippen LogP contribution in [0.2, 0.25) is 0 Å². The predicted molar refractivity (Wildman–Crippen MR) is 67.4 cm³/mol. The van der Waals surface area contributed by atoms with Crippen LogP contribution in [0.1, 0.15) is 20.3 Å². The first-order valence-electron chi connectivity index (χ1n) is 5.60. The minimum Gasteiger partial charge on any atom is -0.351 e. The second-order valence-electron chi connectivity index (χ2n) is 3.52. The summed E-state index contributed by atoms with van der Waals surface area (Å²) in [7, 11) is 0. The summed E-state index contributed by atoms with van der Waals surface area (Å²) < 4.78 is 1.65. The molecule has 1 aromatic rings. The van der Waals surface area contributed by atoms with E-state index >= 15 is 0 Å². The zero-order valence-corrected chi connectivity index (χ0v) is 10.6. The van der Waals surface area contributed by atoms with Gasteiger partial charge in [0.2, 0.25) is 0 Å². The number of nitrogens with zero attached hydrogens (tertiary/aromatic N) is 3. The Kier molecular flexibility index (Phi) is 5.32. The Morgan fingerprint density at radius 2 is 2.19 bits per heavy atom. The molecule has 0 bridgehead atoms. The van der Waals surface area contributed by atoms with E-state index in [0.29, 0.717) is 24.8 Å². The number of rotatable bonds is 6. The summed E-state index contributed by atoms with van der Waals surface area (Å²) >= 11 is 5.73. The summed E-state index contributed by atoms with van der Waals surface area (Å²) in [6.45, 7) is 6.14. The summed E-state index contributed by atoms with van der Waals surface area (Å²) in [5.74, 6) is 1.01. The summed E-state index contributed by atoms with van der Waals surface area (Å²) in [6.07, 6.45) is 4.34. The molecule has 16 heavy (non-hydrogen) atoms. The molecule has 0 aromatic carbocycles. The molecule has 1 heterocycles. The van der Waals surface area contributed by atoms with Crippen LogP contribution in [-0.4, -0.2) is 28.5 Å². The molecule has 4 nitrogen and oxygen atoms in total. The van der Waals surface area contributed by atoms with Crippen molar-refractivity contribution in [2.45, 2.75) is 26.8 Å². The molecule has 0 saturated carbocycles. The Hall–Kier alpha value is -1.03. The number of alkyl halides is 1. The lowest BCUT2D eigenvalue weighted by atomic mass is 10.4. The molecule has 90 valence electrons. The Morgan fingerprint density at radius 1 is 1.44 bits per heavy atom. The lowest BCUT2D eigenvalue weighted by Crippen LogP contribution is -2.35. The first kappa shape index (κ1) is 13.0. The van der Waals surface area contributed by atoms with E-state index in [1.807, 2.05) is 11.8 Å². The van der Waals surface area contributed by atoms with E-state index in [9.17, 15) is 4.79 Å². The third-order valence-electron chi connectivity index (χ3n) is 2.38. The lowest BCUT2D eigenvalue weighted by Gasteiger charge is -2.21. The fraction of sp³-hybridized carbons (Fsp3) is 0.636. The second kappa shape index (κ2) is 6.53. The van der Waals surface area contributed by atoms with Gasteiger partial charge in [-0.25, -0.2) is 4.98 Å². The summed E-state index contributed by atoms with van der Waals surface area (Å²) in [6, 6.07) is 0. The molecular weight excluding hydrogens is 226 g/mol. The number of halogens is 1. The molecular formula is C11H18ClN3O. The maximum absolute atomic E-state index is 12.0. The van der Waals surface area contributed by atoms with Crippen LogP contribution < -0.4 is 10.5 Å². The lowest BCUT2D eigenvalue weighted by molar-refractivity contribution is 0.696. The first-order chi connectivity index (χ1) is 7.74. The third kappa shape index (κ3) is 2.98. The molecule has 0 spiro atoms. The SMILES string of the molecule is CCCN(CCCl)c1nccn(CC)c1=O. The fourth-order valence-corrected chi connectivity index (χ4v) is 1.80. The third-order valence-corrected chi connectivity index (χ3v) is 2.55. The van der Waals surface area contributed by atoms with Crippen molar-refractivity contribution >= 4 is 17.4 Å². The normalized spacial score (nSPS) is 10.4. The standard InChI is InChI=1S/C11H18ClN3O/c1-3-7-15(8-5-12)10-11(16)14(4-2)9-6-13-10/h6,9H,3-5,7-8H2,1-2H3. The van der Waals surface area contributed by atoms with Gasteiger partial charge >= 0.3 is 0 Å². The molecule has 1 rings (SSSR count). The average molecular weight is 244 g/mol. The zero-order valence-electron chi connectivity index (χ0n) is 9.82. The average Bonchev–Trinajstić information content (AvgIpc) is 2.29. The highest BCUT2D eigenvalue weighted by atomic mass is 35.5. The van der Waals surface area contributed by atoms with Crippen LogP contribution >= 0.6 is 11.6 Å². The monoisotopic (exact) mass is 243 g/mol. The van der Waals surface area contributed by atoms with Crippen LogP contribution in [0.3, 0.4) is 0 Å². The largest absolute Gasteiger partial charge is 0.351 e. The maximum Gasteiger partial charge on any atom is 0.293 e. The summed E-state index contributed by atoms with van der Waals surface area (Å²) in [4.78, 5) is 18.1. The minimum absolute atomic E-state index is 0.0384. The van der Waals surface area contributed by atoms with E-state index in [1.165, 1.54) is 0 Å². The molecule has 0 saturated heterocycles. The number of hydrogen-bond acceptors (Lipinski definition) is 3. The Balaban J connectivity index is 3.03. The smallest absolute Gasteiger partial charge is 0.293 e. The highest BCUT2D eigenvalue weighted by Gasteiger charge is 2.11. The van der Waals surface area contributed by atoms with Gasteiger partial charge in [0.15, 0.2) is 5.82 Å². The van der Waals surface area contributed by atoms with E-state index < -0.39 is 0 Å². The molecule has 0 N–H and O–H groups in total. The van der Waals surface area contributed by atoms with Gasteiger partial charge < -0.3 is 9.47 Å². The van der Waals surface area contributed by atoms with Gasteiger partial charge in [-0.05, 0) is 13.3 Å². The second-order valence-corrected chi connectivity index (χ2v) is 3.90. The highest BCUT2D eigenvalue weighted by molar-refractivity contribution is 6.18. The van der Waals surface area contributed by atoms with Gasteiger partial charge in [-0.1, -0.05) is 6.92 Å². The van der Waals surface area contributed by atoms with Crippen molar-refractivity contribution in [1.82, 2.24) is 9.55 Å². The molecule has 0 unspecified atom stereocenters. The van der Waals surface area contributed by atoms with E-state index in [2.05, 4.69) is 11.9 Å². The zero-order chi connectivity index (χ0) is 12.0. The van der Waals surface area contributed by atoms with Gasteiger partial charge in [0.25, 0.3) is 5.56 Å². The molecule has 1 aromatic heterocycles. The molecule has 0 amide bonds. The van der Waals surface area contributed by atoms with Gasteiger partial charge in [0.1, 0.15) is 0 Å². The number of aromatic nitrogens is 2. The van der Waals surface area contributed by atoms with Crippen LogP contribution in [-0.2, 0) is 6.54 Å². The van der Waals surface area contributed by atoms with Gasteiger partial charge in [-0.3, -0.25) is 4.79 Å². The Morgan fingerprint density at radius 3 is 2.75 bits per heavy atom. The Bertz CT molecular complexity index is 372. The minimum atomic E-state index is -0.0384. The first-order valence-corrected chi connectivity index (χ1v) is 6.14. The molecule has 0 radical (unpaired) electrons. The van der Waals surface area contributed by atoms with Crippen molar-refractivity contribution in [3.63, 3.8) is 0 Å². The van der Waals surface area contributed by atoms with Crippen molar-refractivity contribution in [3.05, 3.63) is 22.7 Å². The molecule has 0 aliphatic rings. The number of aryl methyl sites for hydroxylation is 1. The molecule has 0 aliphatic heterocycles. The molecule has 0 aliphatic carbocycles. The maximum atomic E-state index is 12.0. The van der Waals surface area contributed by atoms with E-state index in [4.69, 9.17) is 11.6 Å². The quantitative estimate of drug-likeness (QED) is 0.714. The summed E-state index contributed by atoms with van der Waals surface area (Å²) in [5.41, 5.74) is -0.0384. The van der Waals surface area contributed by atoms with Gasteiger partial charge in [-0.15, -0.1) is 11.6 Å². The predicted octanol–water partition coefficient (Wildman–Crippen LogP) is 1.72. The van der Waals surface area contributed by atoms with Crippen molar-refractivity contribution < 1.29 is 0 Å². The summed E-state index contributed by atoms with van der Waals surface area (Å²) in [5, 5.41) is 0. The van der Waals surface area contributed by atoms with Crippen LogP contribution in [0.15, 0.2) is 17.2 Å². The van der Waals surface area contributed by atoms with Crippen LogP contribution in [0, 0.1) is 0 Å². The van der Waals surface area contributed by atoms with Crippen LogP contribution in [0.25, 0.3) is 0 Å². The van der Waals surface area contributed by atoms with Crippen molar-refractivity contribution in [3.8, 4) is 0 Å². The number of anilines is 1. The van der Waals surface area contributed by atoms with E-state index in [0.717, 1.165) is 13.0 Å². The molecule has 5 heteroatoms. The van der Waals surface area contributed by atoms with Crippen LogP contribution in [0.5, 0.6) is 0 Å². The van der Waals surface area contributed by atoms with E-state index in [1.54, 1.807) is 17.0 Å². The molecule has 0 atom stereocenters. The molecule has 0 fully saturated rings. The fourth-order valence-electron chi connectivity index (χ4n) is 1.60. The van der Waals surface area contributed by atoms with Gasteiger partial charge in [0, 0.05) is 37.9 Å².